The molecule has 1 rings (SSSR count). The Bertz CT molecular complexity index is 429. The van der Waals surface area contributed by atoms with E-state index in [1.54, 1.807) is 12.1 Å². The number of carbonyl (C=O) groups is 1. The highest BCUT2D eigenvalue weighted by molar-refractivity contribution is 9.10. The minimum atomic E-state index is -0.993. The normalized spacial score (nSPS) is 9.20. The summed E-state index contributed by atoms with van der Waals surface area (Å²) in [5.41, 5.74) is 0.815. The van der Waals surface area contributed by atoms with Crippen LogP contribution in [0.3, 0.4) is 0 Å². The zero-order valence-electron chi connectivity index (χ0n) is 7.83. The molecule has 0 unspecified atom stereocenters. The van der Waals surface area contributed by atoms with E-state index in [1.807, 2.05) is 0 Å². The third-order valence-corrected chi connectivity index (χ3v) is 2.36. The van der Waals surface area contributed by atoms with Crippen molar-refractivity contribution in [3.8, 4) is 11.8 Å². The molecule has 0 saturated carbocycles. The first kappa shape index (κ1) is 11.8. The Kier molecular flexibility index (Phi) is 4.35. The van der Waals surface area contributed by atoms with E-state index in [0.29, 0.717) is 16.5 Å². The van der Waals surface area contributed by atoms with Gasteiger partial charge >= 0.3 is 5.97 Å². The molecule has 0 saturated heterocycles. The molecule has 3 nitrogen and oxygen atoms in total. The first-order chi connectivity index (χ1) is 7.15. The van der Waals surface area contributed by atoms with Gasteiger partial charge in [-0.3, -0.25) is 0 Å². The summed E-state index contributed by atoms with van der Waals surface area (Å²) < 4.78 is 0.530. The summed E-state index contributed by atoms with van der Waals surface area (Å²) in [5, 5.41) is 17.4. The summed E-state index contributed by atoms with van der Waals surface area (Å²) in [6.07, 6.45) is 0.387. The van der Waals surface area contributed by atoms with Gasteiger partial charge in [0.15, 0.2) is 0 Å². The number of hydrogen-bond acceptors (Lipinski definition) is 2. The van der Waals surface area contributed by atoms with Crippen LogP contribution in [-0.4, -0.2) is 22.8 Å². The van der Waals surface area contributed by atoms with Gasteiger partial charge in [0.05, 0.1) is 12.2 Å². The first-order valence-electron chi connectivity index (χ1n) is 4.27. The maximum Gasteiger partial charge on any atom is 0.336 e. The number of aromatic carboxylic acids is 1. The molecule has 0 fully saturated rings. The number of rotatable bonds is 2. The Labute approximate surface area is 95.9 Å². The average molecular weight is 269 g/mol. The lowest BCUT2D eigenvalue weighted by molar-refractivity contribution is 0.0696. The van der Waals surface area contributed by atoms with Crippen LogP contribution in [-0.2, 0) is 0 Å². The molecule has 1 aromatic carbocycles. The van der Waals surface area contributed by atoms with Crippen LogP contribution in [0.5, 0.6) is 0 Å². The molecular formula is C11H9BrO3. The Morgan fingerprint density at radius 3 is 2.80 bits per heavy atom. The molecule has 0 radical (unpaired) electrons. The molecule has 0 aromatic heterocycles. The number of aliphatic hydroxyl groups is 1. The van der Waals surface area contributed by atoms with Gasteiger partial charge in [0.2, 0.25) is 0 Å². The molecule has 15 heavy (non-hydrogen) atoms. The molecule has 0 atom stereocenters. The lowest BCUT2D eigenvalue weighted by atomic mass is 10.1. The van der Waals surface area contributed by atoms with Crippen molar-refractivity contribution in [2.75, 3.05) is 6.61 Å². The molecule has 0 aliphatic rings. The summed E-state index contributed by atoms with van der Waals surface area (Å²) in [5.74, 6) is 4.51. The lowest BCUT2D eigenvalue weighted by Gasteiger charge is -1.98. The SMILES string of the molecule is O=C(O)c1cc(C#CCCO)ccc1Br. The molecular weight excluding hydrogens is 260 g/mol. The molecule has 4 heteroatoms. The van der Waals surface area contributed by atoms with Gasteiger partial charge in [0, 0.05) is 16.5 Å². The smallest absolute Gasteiger partial charge is 0.336 e. The molecule has 1 aromatic rings. The van der Waals surface area contributed by atoms with Gasteiger partial charge in [-0.2, -0.15) is 0 Å². The van der Waals surface area contributed by atoms with Gasteiger partial charge in [-0.15, -0.1) is 0 Å². The standard InChI is InChI=1S/C11H9BrO3/c12-10-5-4-8(3-1-2-6-13)7-9(10)11(14)15/h4-5,7,13H,2,6H2,(H,14,15). The monoisotopic (exact) mass is 268 g/mol. The summed E-state index contributed by atoms with van der Waals surface area (Å²) in [7, 11) is 0. The van der Waals surface area contributed by atoms with E-state index >= 15 is 0 Å². The maximum absolute atomic E-state index is 10.8. The van der Waals surface area contributed by atoms with Crippen molar-refractivity contribution in [3.05, 3.63) is 33.8 Å². The second-order valence-corrected chi connectivity index (χ2v) is 3.63. The minimum Gasteiger partial charge on any atom is -0.478 e. The van der Waals surface area contributed by atoms with Crippen LogP contribution >= 0.6 is 15.9 Å². The molecule has 0 heterocycles. The van der Waals surface area contributed by atoms with Gasteiger partial charge in [-0.1, -0.05) is 11.8 Å². The highest BCUT2D eigenvalue weighted by atomic mass is 79.9. The molecule has 0 aliphatic heterocycles. The van der Waals surface area contributed by atoms with Gasteiger partial charge < -0.3 is 10.2 Å². The number of carboxylic acids is 1. The van der Waals surface area contributed by atoms with Gasteiger partial charge in [-0.05, 0) is 34.1 Å². The van der Waals surface area contributed by atoms with Gasteiger partial charge in [-0.25, -0.2) is 4.79 Å². The first-order valence-corrected chi connectivity index (χ1v) is 5.07. The van der Waals surface area contributed by atoms with Crippen molar-refractivity contribution in [3.63, 3.8) is 0 Å². The summed E-state index contributed by atoms with van der Waals surface area (Å²) in [6.45, 7) is 0.00924. The van der Waals surface area contributed by atoms with E-state index in [2.05, 4.69) is 27.8 Å². The fourth-order valence-corrected chi connectivity index (χ4v) is 1.40. The third kappa shape index (κ3) is 3.39. The van der Waals surface area contributed by atoms with Crippen LogP contribution in [0.2, 0.25) is 0 Å². The largest absolute Gasteiger partial charge is 0.478 e. The number of carboxylic acid groups (broad SMARTS) is 1. The van der Waals surface area contributed by atoms with Crippen molar-refractivity contribution >= 4 is 21.9 Å². The fourth-order valence-electron chi connectivity index (χ4n) is 0.987. The van der Waals surface area contributed by atoms with Crippen LogP contribution in [0.15, 0.2) is 22.7 Å². The Morgan fingerprint density at radius 2 is 2.20 bits per heavy atom. The van der Waals surface area contributed by atoms with E-state index in [-0.39, 0.29) is 12.2 Å². The Hall–Kier alpha value is -1.31. The van der Waals surface area contributed by atoms with Crippen molar-refractivity contribution in [1.29, 1.82) is 0 Å². The molecule has 2 N–H and O–H groups in total. The van der Waals surface area contributed by atoms with Crippen LogP contribution in [0.4, 0.5) is 0 Å². The Balaban J connectivity index is 2.99. The third-order valence-electron chi connectivity index (χ3n) is 1.67. The predicted molar refractivity (Wildman–Crippen MR) is 59.7 cm³/mol. The van der Waals surface area contributed by atoms with E-state index in [1.165, 1.54) is 6.07 Å². The molecule has 78 valence electrons. The Morgan fingerprint density at radius 1 is 1.47 bits per heavy atom. The topological polar surface area (TPSA) is 57.5 Å². The van der Waals surface area contributed by atoms with Gasteiger partial charge in [0.1, 0.15) is 0 Å². The van der Waals surface area contributed by atoms with Crippen molar-refractivity contribution in [2.24, 2.45) is 0 Å². The zero-order valence-corrected chi connectivity index (χ0v) is 9.41. The van der Waals surface area contributed by atoms with Crippen LogP contribution in [0, 0.1) is 11.8 Å². The second-order valence-electron chi connectivity index (χ2n) is 2.78. The van der Waals surface area contributed by atoms with Gasteiger partial charge in [0.25, 0.3) is 0 Å². The number of aliphatic hydroxyl groups excluding tert-OH is 1. The molecule has 0 bridgehead atoms. The quantitative estimate of drug-likeness (QED) is 0.806. The summed E-state index contributed by atoms with van der Waals surface area (Å²) in [6, 6.07) is 4.87. The predicted octanol–water partition coefficient (Wildman–Crippen LogP) is 1.88. The van der Waals surface area contributed by atoms with Crippen molar-refractivity contribution in [2.45, 2.75) is 6.42 Å². The average Bonchev–Trinajstić information content (AvgIpc) is 2.20. The highest BCUT2D eigenvalue weighted by Crippen LogP contribution is 2.17. The molecule has 0 aliphatic carbocycles. The van der Waals surface area contributed by atoms with Crippen molar-refractivity contribution < 1.29 is 15.0 Å². The van der Waals surface area contributed by atoms with E-state index in [9.17, 15) is 4.79 Å². The van der Waals surface area contributed by atoms with E-state index in [0.717, 1.165) is 0 Å². The minimum absolute atomic E-state index is 0.00924. The van der Waals surface area contributed by atoms with Crippen LogP contribution in [0.1, 0.15) is 22.3 Å². The molecule has 0 spiro atoms. The van der Waals surface area contributed by atoms with Crippen molar-refractivity contribution in [1.82, 2.24) is 0 Å². The second kappa shape index (κ2) is 5.54. The fraction of sp³-hybridized carbons (Fsp3) is 0.182. The lowest BCUT2D eigenvalue weighted by Crippen LogP contribution is -1.97. The molecule has 0 amide bonds. The van der Waals surface area contributed by atoms with E-state index in [4.69, 9.17) is 10.2 Å². The zero-order chi connectivity index (χ0) is 11.3. The number of hydrogen-bond donors (Lipinski definition) is 2. The number of halogens is 1. The van der Waals surface area contributed by atoms with Crippen LogP contribution in [0.25, 0.3) is 0 Å². The van der Waals surface area contributed by atoms with E-state index < -0.39 is 5.97 Å². The van der Waals surface area contributed by atoms with Crippen LogP contribution < -0.4 is 0 Å². The maximum atomic E-state index is 10.8. The number of benzene rings is 1. The summed E-state index contributed by atoms with van der Waals surface area (Å²) >= 11 is 3.14. The highest BCUT2D eigenvalue weighted by Gasteiger charge is 2.07. The summed E-state index contributed by atoms with van der Waals surface area (Å²) in [4.78, 5) is 10.8.